The summed E-state index contributed by atoms with van der Waals surface area (Å²) in [6, 6.07) is 2.04. The number of aryl methyl sites for hydroxylation is 1. The third-order valence-electron chi connectivity index (χ3n) is 6.84. The van der Waals surface area contributed by atoms with Gasteiger partial charge in [-0.15, -0.1) is 11.3 Å². The van der Waals surface area contributed by atoms with Gasteiger partial charge in [0.15, 0.2) is 6.10 Å². The fourth-order valence-electron chi connectivity index (χ4n) is 4.73. The van der Waals surface area contributed by atoms with Gasteiger partial charge in [-0.1, -0.05) is 0 Å². The van der Waals surface area contributed by atoms with Crippen LogP contribution in [0.2, 0.25) is 0 Å². The van der Waals surface area contributed by atoms with Crippen molar-refractivity contribution in [3.63, 3.8) is 0 Å². The maximum atomic E-state index is 13.2. The average molecular weight is 523 g/mol. The number of methoxy groups -OCH3 is 1. The number of alkyl halides is 3. The van der Waals surface area contributed by atoms with Gasteiger partial charge in [0, 0.05) is 31.9 Å². The zero-order valence-electron chi connectivity index (χ0n) is 20.1. The summed E-state index contributed by atoms with van der Waals surface area (Å²) in [6.45, 7) is 1.43. The molecule has 0 saturated heterocycles. The second-order valence-electron chi connectivity index (χ2n) is 9.54. The molecule has 3 unspecified atom stereocenters. The SMILES string of the molecule is COC(CNc1nc(C)c(-c2nc3c(C4CC4)nccc3s2)c(NC2CCC(CO)C2)n1)C(F)(F)F. The Kier molecular flexibility index (Phi) is 7.01. The zero-order valence-corrected chi connectivity index (χ0v) is 20.9. The van der Waals surface area contributed by atoms with E-state index in [0.717, 1.165) is 65.7 Å². The van der Waals surface area contributed by atoms with Gasteiger partial charge in [-0.05, 0) is 51.0 Å². The minimum absolute atomic E-state index is 0.0861. The Labute approximate surface area is 210 Å². The molecule has 3 atom stereocenters. The highest BCUT2D eigenvalue weighted by molar-refractivity contribution is 7.21. The number of nitrogens with zero attached hydrogens (tertiary/aromatic N) is 4. The fourth-order valence-corrected chi connectivity index (χ4v) is 5.80. The number of halogens is 3. The lowest BCUT2D eigenvalue weighted by atomic mass is 10.1. The van der Waals surface area contributed by atoms with Crippen molar-refractivity contribution >= 4 is 33.3 Å². The second kappa shape index (κ2) is 10.1. The largest absolute Gasteiger partial charge is 0.416 e. The lowest BCUT2D eigenvalue weighted by molar-refractivity contribution is -0.207. The van der Waals surface area contributed by atoms with Gasteiger partial charge in [-0.3, -0.25) is 4.98 Å². The molecule has 0 bridgehead atoms. The number of aromatic nitrogens is 4. The van der Waals surface area contributed by atoms with Crippen LogP contribution in [0, 0.1) is 12.8 Å². The number of pyridine rings is 1. The molecular weight excluding hydrogens is 493 g/mol. The van der Waals surface area contributed by atoms with Gasteiger partial charge in [0.2, 0.25) is 5.95 Å². The first-order chi connectivity index (χ1) is 17.3. The molecule has 12 heteroatoms. The maximum Gasteiger partial charge on any atom is 0.416 e. The number of thiazole rings is 1. The van der Waals surface area contributed by atoms with Crippen LogP contribution in [-0.2, 0) is 4.74 Å². The first-order valence-corrected chi connectivity index (χ1v) is 12.9. The van der Waals surface area contributed by atoms with Crippen LogP contribution in [0.1, 0.15) is 49.4 Å². The van der Waals surface area contributed by atoms with Crippen molar-refractivity contribution in [1.82, 2.24) is 19.9 Å². The van der Waals surface area contributed by atoms with Crippen LogP contribution in [0.4, 0.5) is 24.9 Å². The highest BCUT2D eigenvalue weighted by Crippen LogP contribution is 2.44. The Hall–Kier alpha value is -2.57. The highest BCUT2D eigenvalue weighted by Gasteiger charge is 2.40. The molecule has 3 aromatic rings. The number of ether oxygens (including phenoxy) is 1. The normalized spacial score (nSPS) is 21.2. The Morgan fingerprint density at radius 1 is 1.19 bits per heavy atom. The number of hydrogen-bond donors (Lipinski definition) is 3. The maximum absolute atomic E-state index is 13.2. The number of aliphatic hydroxyl groups is 1. The minimum atomic E-state index is -4.50. The van der Waals surface area contributed by atoms with Crippen molar-refractivity contribution in [2.45, 2.75) is 63.3 Å². The van der Waals surface area contributed by atoms with Gasteiger partial charge in [0.1, 0.15) is 16.3 Å². The number of fused-ring (bicyclic) bond motifs is 1. The van der Waals surface area contributed by atoms with Gasteiger partial charge in [-0.2, -0.15) is 18.2 Å². The van der Waals surface area contributed by atoms with Crippen LogP contribution in [0.3, 0.4) is 0 Å². The Balaban J connectivity index is 1.50. The van der Waals surface area contributed by atoms with Crippen LogP contribution < -0.4 is 10.6 Å². The van der Waals surface area contributed by atoms with Crippen molar-refractivity contribution in [3.05, 3.63) is 23.7 Å². The smallest absolute Gasteiger partial charge is 0.396 e. The van der Waals surface area contributed by atoms with Gasteiger partial charge < -0.3 is 20.5 Å². The van der Waals surface area contributed by atoms with E-state index in [9.17, 15) is 18.3 Å². The lowest BCUT2D eigenvalue weighted by Gasteiger charge is -2.21. The summed E-state index contributed by atoms with van der Waals surface area (Å²) in [5.74, 6) is 1.27. The van der Waals surface area contributed by atoms with Crippen LogP contribution in [-0.4, -0.2) is 63.6 Å². The van der Waals surface area contributed by atoms with E-state index >= 15 is 0 Å². The Morgan fingerprint density at radius 2 is 2.00 bits per heavy atom. The molecule has 2 aliphatic carbocycles. The molecule has 0 aromatic carbocycles. The molecule has 3 heterocycles. The number of aliphatic hydroxyl groups excluding tert-OH is 1. The summed E-state index contributed by atoms with van der Waals surface area (Å²) in [7, 11) is 1.03. The number of rotatable bonds is 9. The number of nitrogens with one attached hydrogen (secondary N) is 2. The van der Waals surface area contributed by atoms with Crippen molar-refractivity contribution in [1.29, 1.82) is 0 Å². The molecule has 2 saturated carbocycles. The molecule has 194 valence electrons. The van der Waals surface area contributed by atoms with Gasteiger partial charge in [0.05, 0.1) is 28.2 Å². The molecular formula is C24H29F3N6O2S. The van der Waals surface area contributed by atoms with Crippen molar-refractivity contribution in [2.24, 2.45) is 5.92 Å². The molecule has 2 aliphatic rings. The van der Waals surface area contributed by atoms with Crippen LogP contribution >= 0.6 is 11.3 Å². The van der Waals surface area contributed by atoms with Gasteiger partial charge in [-0.25, -0.2) is 9.97 Å². The van der Waals surface area contributed by atoms with Crippen LogP contribution in [0.5, 0.6) is 0 Å². The second-order valence-corrected chi connectivity index (χ2v) is 10.6. The van der Waals surface area contributed by atoms with E-state index in [4.69, 9.17) is 4.98 Å². The fraction of sp³-hybridized carbons (Fsp3) is 0.583. The van der Waals surface area contributed by atoms with Crippen LogP contribution in [0.15, 0.2) is 12.3 Å². The highest BCUT2D eigenvalue weighted by atomic mass is 32.1. The van der Waals surface area contributed by atoms with Crippen molar-refractivity contribution < 1.29 is 23.0 Å². The van der Waals surface area contributed by atoms with Crippen LogP contribution in [0.25, 0.3) is 20.8 Å². The topological polar surface area (TPSA) is 105 Å². The van der Waals surface area contributed by atoms with E-state index in [2.05, 4.69) is 30.3 Å². The third kappa shape index (κ3) is 5.25. The molecule has 3 N–H and O–H groups in total. The quantitative estimate of drug-likeness (QED) is 0.365. The molecule has 3 aromatic heterocycles. The van der Waals surface area contributed by atoms with E-state index in [1.165, 1.54) is 11.3 Å². The lowest BCUT2D eigenvalue weighted by Crippen LogP contribution is -2.37. The summed E-state index contributed by atoms with van der Waals surface area (Å²) in [4.78, 5) is 18.5. The summed E-state index contributed by atoms with van der Waals surface area (Å²) in [5.41, 5.74) is 3.24. The summed E-state index contributed by atoms with van der Waals surface area (Å²) in [6.07, 6.45) is 0.115. The predicted octanol–water partition coefficient (Wildman–Crippen LogP) is 4.90. The Bertz CT molecular complexity index is 1230. The summed E-state index contributed by atoms with van der Waals surface area (Å²) >= 11 is 1.53. The molecule has 5 rings (SSSR count). The first-order valence-electron chi connectivity index (χ1n) is 12.1. The van der Waals surface area contributed by atoms with Gasteiger partial charge in [0.25, 0.3) is 0 Å². The zero-order chi connectivity index (χ0) is 25.4. The third-order valence-corrected chi connectivity index (χ3v) is 7.88. The molecule has 0 amide bonds. The monoisotopic (exact) mass is 522 g/mol. The van der Waals surface area contributed by atoms with Gasteiger partial charge >= 0.3 is 6.18 Å². The molecule has 2 fully saturated rings. The molecule has 0 radical (unpaired) electrons. The molecule has 36 heavy (non-hydrogen) atoms. The van der Waals surface area contributed by atoms with Crippen molar-refractivity contribution in [3.8, 4) is 10.6 Å². The number of hydrogen-bond acceptors (Lipinski definition) is 9. The Morgan fingerprint density at radius 3 is 2.67 bits per heavy atom. The number of anilines is 2. The molecule has 8 nitrogen and oxygen atoms in total. The minimum Gasteiger partial charge on any atom is -0.396 e. The predicted molar refractivity (Wildman–Crippen MR) is 132 cm³/mol. The van der Waals surface area contributed by atoms with Crippen molar-refractivity contribution in [2.75, 3.05) is 30.9 Å². The standard InChI is InChI=1S/C24H29F3N6O2S/c1-12-18(22-32-20-16(36-22)7-8-28-19(20)14-4-5-14)21(31-15-6-3-13(9-15)11-34)33-23(30-12)29-10-17(35-2)24(25,26)27/h7-8,13-15,17,34H,3-6,9-11H2,1-2H3,(H2,29,30,31,33). The van der Waals surface area contributed by atoms with E-state index in [1.54, 1.807) is 0 Å². The summed E-state index contributed by atoms with van der Waals surface area (Å²) < 4.78 is 45.1. The average Bonchev–Trinajstić information content (AvgIpc) is 3.42. The van der Waals surface area contributed by atoms with E-state index in [0.29, 0.717) is 17.4 Å². The van der Waals surface area contributed by atoms with E-state index in [1.807, 2.05) is 19.2 Å². The molecule has 0 spiro atoms. The van der Waals surface area contributed by atoms with E-state index < -0.39 is 18.8 Å². The van der Waals surface area contributed by atoms with E-state index in [-0.39, 0.29) is 24.5 Å². The first kappa shape index (κ1) is 25.1. The molecule has 0 aliphatic heterocycles. The summed E-state index contributed by atoms with van der Waals surface area (Å²) in [5, 5.41) is 16.5.